The van der Waals surface area contributed by atoms with Crippen LogP contribution < -0.4 is 4.72 Å². The maximum atomic E-state index is 13.7. The van der Waals surface area contributed by atoms with Gasteiger partial charge in [0.1, 0.15) is 14.2 Å². The predicted molar refractivity (Wildman–Crippen MR) is 100 cm³/mol. The Morgan fingerprint density at radius 2 is 2.17 bits per heavy atom. The molecule has 0 amide bonds. The second kappa shape index (κ2) is 7.10. The molecule has 3 atom stereocenters. The quantitative estimate of drug-likeness (QED) is 0.655. The van der Waals surface area contributed by atoms with Crippen molar-refractivity contribution in [3.05, 3.63) is 17.7 Å². The highest BCUT2D eigenvalue weighted by Crippen LogP contribution is 2.27. The molecule has 0 saturated heterocycles. The average Bonchev–Trinajstić information content (AvgIpc) is 2.93. The minimum atomic E-state index is -1.47. The zero-order chi connectivity index (χ0) is 18.1. The summed E-state index contributed by atoms with van der Waals surface area (Å²) in [5.74, 6) is 3.24. The Morgan fingerprint density at radius 3 is 2.75 bits per heavy atom. The molecule has 134 valence electrons. The molecule has 2 unspecified atom stereocenters. The third-order valence-corrected chi connectivity index (χ3v) is 6.23. The summed E-state index contributed by atoms with van der Waals surface area (Å²) in [5, 5.41) is 0. The molecule has 0 radical (unpaired) electrons. The summed E-state index contributed by atoms with van der Waals surface area (Å²) in [6, 6.07) is -0.240. The number of nitrogens with zero attached hydrogens (tertiary/aromatic N) is 2. The van der Waals surface area contributed by atoms with Gasteiger partial charge in [0.15, 0.2) is 0 Å². The van der Waals surface area contributed by atoms with Crippen LogP contribution in [0.5, 0.6) is 0 Å². The lowest BCUT2D eigenvalue weighted by molar-refractivity contribution is 0.328. The van der Waals surface area contributed by atoms with Gasteiger partial charge in [0.05, 0.1) is 40.3 Å². The van der Waals surface area contributed by atoms with E-state index in [4.69, 9.17) is 0 Å². The normalized spacial score (nSPS) is 20.2. The molecule has 0 aromatic carbocycles. The maximum Gasteiger partial charge on any atom is 0.129 e. The Hall–Kier alpha value is -0.973. The fourth-order valence-corrected chi connectivity index (χ4v) is 3.94. The Morgan fingerprint density at radius 1 is 1.50 bits per heavy atom. The number of hydrogen-bond acceptors (Lipinski definition) is 2. The molecule has 0 saturated carbocycles. The highest BCUT2D eigenvalue weighted by atomic mass is 32.2. The molecule has 1 aromatic rings. The summed E-state index contributed by atoms with van der Waals surface area (Å²) in [4.78, 5) is 4.47. The Labute approximate surface area is 148 Å². The van der Waals surface area contributed by atoms with Gasteiger partial charge in [-0.05, 0) is 20.8 Å². The van der Waals surface area contributed by atoms with Crippen molar-refractivity contribution in [2.45, 2.75) is 76.8 Å². The molecular formula is C17H28FN3OSSi. The number of hydrogen-bond donors (Lipinski definition) is 1. The standard InChI is InChI=1S/C17H28FN3OSSi/c1-17(2,3)23(22)20-14(8-7-9-24(4,5)6)16-15-10-13(18)11-21(15)12-19-16/h12-14,20H,8,10-11H2,1-6H3/t13-,14?,23?/m1/s1. The lowest BCUT2D eigenvalue weighted by atomic mass is 10.1. The van der Waals surface area contributed by atoms with Gasteiger partial charge in [-0.1, -0.05) is 19.6 Å². The van der Waals surface area contributed by atoms with Gasteiger partial charge in [-0.3, -0.25) is 0 Å². The fourth-order valence-electron chi connectivity index (χ4n) is 2.50. The van der Waals surface area contributed by atoms with Crippen LogP contribution in [0.3, 0.4) is 0 Å². The van der Waals surface area contributed by atoms with Crippen LogP contribution in [0.2, 0.25) is 19.6 Å². The molecule has 0 bridgehead atoms. The van der Waals surface area contributed by atoms with E-state index in [-0.39, 0.29) is 10.8 Å². The van der Waals surface area contributed by atoms with Crippen LogP contribution in [0.1, 0.15) is 44.6 Å². The first-order chi connectivity index (χ1) is 11.0. The van der Waals surface area contributed by atoms with E-state index in [0.29, 0.717) is 19.4 Å². The zero-order valence-corrected chi connectivity index (χ0v) is 17.3. The van der Waals surface area contributed by atoms with Crippen molar-refractivity contribution in [3.63, 3.8) is 0 Å². The molecule has 2 rings (SSSR count). The molecule has 4 nitrogen and oxygen atoms in total. The number of nitrogens with one attached hydrogen (secondary N) is 1. The van der Waals surface area contributed by atoms with Crippen molar-refractivity contribution in [1.82, 2.24) is 14.3 Å². The zero-order valence-electron chi connectivity index (χ0n) is 15.4. The van der Waals surface area contributed by atoms with Crippen LogP contribution in [0.25, 0.3) is 0 Å². The summed E-state index contributed by atoms with van der Waals surface area (Å²) < 4.78 is 30.9. The number of rotatable bonds is 4. The predicted octanol–water partition coefficient (Wildman–Crippen LogP) is 3.14. The van der Waals surface area contributed by atoms with E-state index in [1.165, 1.54) is 0 Å². The summed E-state index contributed by atoms with van der Waals surface area (Å²) in [6.45, 7) is 12.7. The molecule has 1 aliphatic rings. The molecule has 1 aromatic heterocycles. The van der Waals surface area contributed by atoms with E-state index in [1.807, 2.05) is 25.3 Å². The minimum absolute atomic E-state index is 0.240. The molecule has 7 heteroatoms. The third kappa shape index (κ3) is 5.01. The van der Waals surface area contributed by atoms with Crippen molar-refractivity contribution < 1.29 is 8.60 Å². The smallest absolute Gasteiger partial charge is 0.129 e. The number of alkyl halides is 1. The first-order valence-electron chi connectivity index (χ1n) is 8.33. The number of fused-ring (bicyclic) bond motifs is 1. The van der Waals surface area contributed by atoms with E-state index in [0.717, 1.165) is 11.4 Å². The first kappa shape index (κ1) is 19.4. The topological polar surface area (TPSA) is 46.9 Å². The monoisotopic (exact) mass is 369 g/mol. The lowest BCUT2D eigenvalue weighted by Gasteiger charge is -2.23. The number of imidazole rings is 1. The molecular weight excluding hydrogens is 341 g/mol. The Bertz CT molecular complexity index is 679. The minimum Gasteiger partial charge on any atom is -0.331 e. The summed E-state index contributed by atoms with van der Waals surface area (Å²) in [7, 11) is -2.70. The van der Waals surface area contributed by atoms with Gasteiger partial charge < -0.3 is 4.57 Å². The number of halogens is 1. The third-order valence-electron chi connectivity index (χ3n) is 3.69. The van der Waals surface area contributed by atoms with Crippen LogP contribution in [-0.4, -0.2) is 32.8 Å². The SMILES string of the molecule is CC(C)(C)S(=O)NC(CC#C[Si](C)(C)C)c1ncn2c1C[C@@H](F)C2. The van der Waals surface area contributed by atoms with Crippen molar-refractivity contribution in [1.29, 1.82) is 0 Å². The van der Waals surface area contributed by atoms with Crippen molar-refractivity contribution in [3.8, 4) is 11.5 Å². The molecule has 2 heterocycles. The highest BCUT2D eigenvalue weighted by molar-refractivity contribution is 7.84. The molecule has 0 aliphatic carbocycles. The van der Waals surface area contributed by atoms with Gasteiger partial charge >= 0.3 is 0 Å². The van der Waals surface area contributed by atoms with Crippen molar-refractivity contribution in [2.24, 2.45) is 0 Å². The maximum absolute atomic E-state index is 13.7. The van der Waals surface area contributed by atoms with Crippen molar-refractivity contribution >= 4 is 19.1 Å². The van der Waals surface area contributed by atoms with Crippen molar-refractivity contribution in [2.75, 3.05) is 0 Å². The van der Waals surface area contributed by atoms with Gasteiger partial charge in [0.2, 0.25) is 0 Å². The average molecular weight is 370 g/mol. The summed E-state index contributed by atoms with van der Waals surface area (Å²) >= 11 is 0. The fraction of sp³-hybridized carbons (Fsp3) is 0.706. The van der Waals surface area contributed by atoms with Gasteiger partial charge in [-0.25, -0.2) is 18.3 Å². The first-order valence-corrected chi connectivity index (χ1v) is 13.0. The van der Waals surface area contributed by atoms with Crippen LogP contribution in [-0.2, 0) is 24.0 Å². The molecule has 0 spiro atoms. The van der Waals surface area contributed by atoms with Gasteiger partial charge in [-0.15, -0.1) is 11.5 Å². The summed E-state index contributed by atoms with van der Waals surface area (Å²) in [5.41, 5.74) is 5.04. The highest BCUT2D eigenvalue weighted by Gasteiger charge is 2.30. The van der Waals surface area contributed by atoms with Crippen LogP contribution in [0.15, 0.2) is 6.33 Å². The summed E-state index contributed by atoms with van der Waals surface area (Å²) in [6.07, 6.45) is 1.73. The van der Waals surface area contributed by atoms with E-state index >= 15 is 0 Å². The van der Waals surface area contributed by atoms with Crippen LogP contribution in [0.4, 0.5) is 4.39 Å². The van der Waals surface area contributed by atoms with Crippen LogP contribution >= 0.6 is 0 Å². The second-order valence-corrected chi connectivity index (χ2v) is 15.1. The second-order valence-electron chi connectivity index (χ2n) is 8.34. The van der Waals surface area contributed by atoms with E-state index in [9.17, 15) is 8.60 Å². The van der Waals surface area contributed by atoms with E-state index in [2.05, 4.69) is 40.8 Å². The molecule has 0 fully saturated rings. The van der Waals surface area contributed by atoms with E-state index in [1.54, 1.807) is 6.33 Å². The van der Waals surface area contributed by atoms with Crippen LogP contribution in [0, 0.1) is 11.5 Å². The molecule has 1 aliphatic heterocycles. The van der Waals surface area contributed by atoms with E-state index < -0.39 is 25.2 Å². The molecule has 1 N–H and O–H groups in total. The number of aromatic nitrogens is 2. The molecule has 24 heavy (non-hydrogen) atoms. The Kier molecular flexibility index (Phi) is 5.73. The van der Waals surface area contributed by atoms with Gasteiger partial charge in [0.25, 0.3) is 0 Å². The largest absolute Gasteiger partial charge is 0.331 e. The Balaban J connectivity index is 2.26. The van der Waals surface area contributed by atoms with Gasteiger partial charge in [-0.2, -0.15) is 0 Å². The lowest BCUT2D eigenvalue weighted by Crippen LogP contribution is -2.36. The van der Waals surface area contributed by atoms with Gasteiger partial charge in [0, 0.05) is 18.5 Å².